The number of hydrogen-bond donors (Lipinski definition) is 2. The topological polar surface area (TPSA) is 67.2 Å². The van der Waals surface area contributed by atoms with Gasteiger partial charge >= 0.3 is 0 Å². The lowest BCUT2D eigenvalue weighted by Gasteiger charge is -2.20. The lowest BCUT2D eigenvalue weighted by Crippen LogP contribution is -2.39. The molecule has 0 aliphatic heterocycles. The molecule has 20 heavy (non-hydrogen) atoms. The number of nitrogens with one attached hydrogen (secondary N) is 2. The van der Waals surface area contributed by atoms with E-state index in [9.17, 15) is 4.79 Å². The fourth-order valence-electron chi connectivity index (χ4n) is 2.97. The molecule has 2 atom stereocenters. The van der Waals surface area contributed by atoms with Crippen molar-refractivity contribution in [1.29, 1.82) is 0 Å². The Labute approximate surface area is 119 Å². The van der Waals surface area contributed by atoms with Gasteiger partial charge in [0.25, 0.3) is 5.91 Å². The van der Waals surface area contributed by atoms with E-state index in [-0.39, 0.29) is 11.9 Å². The highest BCUT2D eigenvalue weighted by Gasteiger charge is 2.29. The number of amides is 1. The summed E-state index contributed by atoms with van der Waals surface area (Å²) in [5.41, 5.74) is 0.428. The zero-order chi connectivity index (χ0) is 13.9. The first-order chi connectivity index (χ1) is 9.76. The molecule has 0 aromatic carbocycles. The third-order valence-corrected chi connectivity index (χ3v) is 4.41. The minimum Gasteiger partial charge on any atom is -0.360 e. The van der Waals surface area contributed by atoms with Gasteiger partial charge in [0.15, 0.2) is 5.69 Å². The number of aromatic nitrogens is 1. The molecule has 1 aromatic heterocycles. The predicted molar refractivity (Wildman–Crippen MR) is 75.7 cm³/mol. The highest BCUT2D eigenvalue weighted by atomic mass is 16.5. The number of carbonyl (C=O) groups excluding carboxylic acids is 1. The summed E-state index contributed by atoms with van der Waals surface area (Å²) in [5.74, 6) is 1.27. The average molecular weight is 277 g/mol. The van der Waals surface area contributed by atoms with Crippen molar-refractivity contribution in [2.75, 3.05) is 7.05 Å². The molecular formula is C15H23N3O2. The fourth-order valence-corrected chi connectivity index (χ4v) is 2.97. The maximum Gasteiger partial charge on any atom is 0.273 e. The smallest absolute Gasteiger partial charge is 0.273 e. The van der Waals surface area contributed by atoms with E-state index < -0.39 is 0 Å². The second kappa shape index (κ2) is 5.95. The second-order valence-electron chi connectivity index (χ2n) is 6.06. The summed E-state index contributed by atoms with van der Waals surface area (Å²) in [5, 5.41) is 10.3. The van der Waals surface area contributed by atoms with E-state index in [1.807, 2.05) is 7.05 Å². The molecule has 0 radical (unpaired) electrons. The maximum atomic E-state index is 12.2. The number of nitrogens with zero attached hydrogens (tertiary/aromatic N) is 1. The van der Waals surface area contributed by atoms with Crippen LogP contribution in [0.15, 0.2) is 10.6 Å². The van der Waals surface area contributed by atoms with Crippen molar-refractivity contribution in [3.63, 3.8) is 0 Å². The van der Waals surface area contributed by atoms with Crippen molar-refractivity contribution in [3.05, 3.63) is 17.5 Å². The fraction of sp³-hybridized carbons (Fsp3) is 0.733. The van der Waals surface area contributed by atoms with Crippen LogP contribution in [0.25, 0.3) is 0 Å². The highest BCUT2D eigenvalue weighted by molar-refractivity contribution is 5.92. The number of hydrogen-bond acceptors (Lipinski definition) is 4. The van der Waals surface area contributed by atoms with Crippen LogP contribution in [-0.4, -0.2) is 30.2 Å². The van der Waals surface area contributed by atoms with Gasteiger partial charge in [0, 0.05) is 24.1 Å². The molecule has 0 saturated heterocycles. The molecule has 1 heterocycles. The van der Waals surface area contributed by atoms with Gasteiger partial charge < -0.3 is 15.2 Å². The van der Waals surface area contributed by atoms with Crippen LogP contribution in [0.4, 0.5) is 0 Å². The van der Waals surface area contributed by atoms with Crippen LogP contribution in [-0.2, 0) is 0 Å². The third-order valence-electron chi connectivity index (χ3n) is 4.41. The van der Waals surface area contributed by atoms with Crippen LogP contribution in [0.3, 0.4) is 0 Å². The van der Waals surface area contributed by atoms with Crippen LogP contribution < -0.4 is 10.6 Å². The Morgan fingerprint density at radius 3 is 2.70 bits per heavy atom. The van der Waals surface area contributed by atoms with Gasteiger partial charge in [0.1, 0.15) is 5.76 Å². The van der Waals surface area contributed by atoms with Crippen molar-refractivity contribution in [3.8, 4) is 0 Å². The van der Waals surface area contributed by atoms with Gasteiger partial charge in [-0.2, -0.15) is 0 Å². The van der Waals surface area contributed by atoms with Crippen molar-refractivity contribution < 1.29 is 9.32 Å². The van der Waals surface area contributed by atoms with Crippen molar-refractivity contribution in [2.45, 2.75) is 62.9 Å². The van der Waals surface area contributed by atoms with E-state index >= 15 is 0 Å². The van der Waals surface area contributed by atoms with Gasteiger partial charge in [0.2, 0.25) is 0 Å². The van der Waals surface area contributed by atoms with Crippen LogP contribution >= 0.6 is 0 Å². The SMILES string of the molecule is CN[C@H]1CCCC[C@@H](NC(=O)c2cc(C3CC3)on2)C1. The Bertz CT molecular complexity index is 467. The summed E-state index contributed by atoms with van der Waals surface area (Å²) in [4.78, 5) is 12.2. The monoisotopic (exact) mass is 277 g/mol. The van der Waals surface area contributed by atoms with E-state index in [1.165, 1.54) is 19.3 Å². The molecule has 1 amide bonds. The van der Waals surface area contributed by atoms with Gasteiger partial charge in [-0.05, 0) is 39.2 Å². The minimum atomic E-state index is -0.0950. The first kappa shape index (κ1) is 13.6. The van der Waals surface area contributed by atoms with E-state index in [2.05, 4.69) is 15.8 Å². The molecule has 3 rings (SSSR count). The summed E-state index contributed by atoms with van der Waals surface area (Å²) >= 11 is 0. The highest BCUT2D eigenvalue weighted by Crippen LogP contribution is 2.40. The van der Waals surface area contributed by atoms with Crippen molar-refractivity contribution >= 4 is 5.91 Å². The van der Waals surface area contributed by atoms with Crippen LogP contribution in [0.1, 0.15) is 67.1 Å². The Kier molecular flexibility index (Phi) is 4.05. The molecule has 2 fully saturated rings. The first-order valence-corrected chi connectivity index (χ1v) is 7.71. The molecule has 2 saturated carbocycles. The molecule has 5 nitrogen and oxygen atoms in total. The molecule has 0 unspecified atom stereocenters. The lowest BCUT2D eigenvalue weighted by molar-refractivity contribution is 0.0922. The molecular weight excluding hydrogens is 254 g/mol. The summed E-state index contributed by atoms with van der Waals surface area (Å²) < 4.78 is 5.24. The van der Waals surface area contributed by atoms with Crippen molar-refractivity contribution in [2.24, 2.45) is 0 Å². The maximum absolute atomic E-state index is 12.2. The Hall–Kier alpha value is -1.36. The van der Waals surface area contributed by atoms with Crippen molar-refractivity contribution in [1.82, 2.24) is 15.8 Å². The van der Waals surface area contributed by atoms with Crippen LogP contribution in [0, 0.1) is 0 Å². The molecule has 0 bridgehead atoms. The van der Waals surface area contributed by atoms with E-state index in [0.29, 0.717) is 17.7 Å². The minimum absolute atomic E-state index is 0.0950. The number of carbonyl (C=O) groups is 1. The quantitative estimate of drug-likeness (QED) is 0.828. The summed E-state index contributed by atoms with van der Waals surface area (Å²) in [6.07, 6.45) is 7.96. The van der Waals surface area contributed by atoms with Crippen LogP contribution in [0.2, 0.25) is 0 Å². The van der Waals surface area contributed by atoms with Gasteiger partial charge in [0.05, 0.1) is 0 Å². The van der Waals surface area contributed by atoms with Gasteiger partial charge in [-0.1, -0.05) is 18.0 Å². The number of rotatable bonds is 4. The molecule has 2 aliphatic carbocycles. The molecule has 1 aromatic rings. The summed E-state index contributed by atoms with van der Waals surface area (Å²) in [6, 6.07) is 2.55. The molecule has 5 heteroatoms. The van der Waals surface area contributed by atoms with Gasteiger partial charge in [-0.15, -0.1) is 0 Å². The third kappa shape index (κ3) is 3.20. The first-order valence-electron chi connectivity index (χ1n) is 7.71. The van der Waals surface area contributed by atoms with E-state index in [4.69, 9.17) is 4.52 Å². The Morgan fingerprint density at radius 1 is 1.25 bits per heavy atom. The predicted octanol–water partition coefficient (Wildman–Crippen LogP) is 2.20. The Balaban J connectivity index is 1.58. The van der Waals surface area contributed by atoms with E-state index in [0.717, 1.165) is 31.4 Å². The molecule has 0 spiro atoms. The average Bonchev–Trinajstić information content (AvgIpc) is 3.22. The standard InChI is InChI=1S/C15H23N3O2/c1-16-11-4-2-3-5-12(8-11)17-15(19)13-9-14(20-18-13)10-6-7-10/h9-12,16H,2-8H2,1H3,(H,17,19)/t11-,12+/m0/s1. The van der Waals surface area contributed by atoms with Crippen LogP contribution in [0.5, 0.6) is 0 Å². The van der Waals surface area contributed by atoms with E-state index in [1.54, 1.807) is 6.07 Å². The molecule has 2 N–H and O–H groups in total. The largest absolute Gasteiger partial charge is 0.360 e. The summed E-state index contributed by atoms with van der Waals surface area (Å²) in [7, 11) is 1.99. The molecule has 110 valence electrons. The molecule has 2 aliphatic rings. The lowest BCUT2D eigenvalue weighted by atomic mass is 10.1. The van der Waals surface area contributed by atoms with Gasteiger partial charge in [-0.25, -0.2) is 0 Å². The van der Waals surface area contributed by atoms with Gasteiger partial charge in [-0.3, -0.25) is 4.79 Å². The zero-order valence-corrected chi connectivity index (χ0v) is 12.0. The summed E-state index contributed by atoms with van der Waals surface area (Å²) in [6.45, 7) is 0. The Morgan fingerprint density at radius 2 is 2.00 bits per heavy atom. The second-order valence-corrected chi connectivity index (χ2v) is 6.06. The normalized spacial score (nSPS) is 27.1. The zero-order valence-electron chi connectivity index (χ0n) is 12.0.